The lowest BCUT2D eigenvalue weighted by Gasteiger charge is -2.31. The van der Waals surface area contributed by atoms with Crippen LogP contribution in [-0.2, 0) is 16.0 Å². The fraction of sp³-hybridized carbons (Fsp3) is 0.421. The summed E-state index contributed by atoms with van der Waals surface area (Å²) in [5, 5.41) is 12.0. The van der Waals surface area contributed by atoms with E-state index in [1.54, 1.807) is 10.3 Å². The number of thiazole rings is 1. The zero-order chi connectivity index (χ0) is 18.7. The molecular weight excluding hydrogens is 372 g/mol. The first-order valence-corrected chi connectivity index (χ1v) is 9.99. The highest BCUT2D eigenvalue weighted by Crippen LogP contribution is 2.41. The summed E-state index contributed by atoms with van der Waals surface area (Å²) in [6.07, 6.45) is 3.21. The maximum atomic E-state index is 12.7. The predicted octanol–water partition coefficient (Wildman–Crippen LogP) is 4.50. The molecule has 2 atom stereocenters. The second-order valence-corrected chi connectivity index (χ2v) is 7.74. The average Bonchev–Trinajstić information content (AvgIpc) is 3.25. The van der Waals surface area contributed by atoms with E-state index in [1.165, 1.54) is 16.9 Å². The molecule has 2 aromatic rings. The summed E-state index contributed by atoms with van der Waals surface area (Å²) in [5.74, 6) is -0.670. The number of aliphatic carboxylic acids is 1. The van der Waals surface area contributed by atoms with Crippen LogP contribution in [0.15, 0.2) is 29.6 Å². The highest BCUT2D eigenvalue weighted by atomic mass is 35.5. The third-order valence-electron chi connectivity index (χ3n) is 4.76. The third kappa shape index (κ3) is 4.07. The van der Waals surface area contributed by atoms with Gasteiger partial charge in [0, 0.05) is 28.8 Å². The lowest BCUT2D eigenvalue weighted by Crippen LogP contribution is -2.41. The Balaban J connectivity index is 1.91. The molecular formula is C19H21ClN2O3S. The normalized spacial score (nSPS) is 19.5. The van der Waals surface area contributed by atoms with Gasteiger partial charge in [0.15, 0.2) is 5.13 Å². The Kier molecular flexibility index (Phi) is 5.94. The van der Waals surface area contributed by atoms with Crippen molar-refractivity contribution in [1.82, 2.24) is 4.98 Å². The highest BCUT2D eigenvalue weighted by molar-refractivity contribution is 7.14. The van der Waals surface area contributed by atoms with Crippen LogP contribution in [0, 0.1) is 0 Å². The minimum Gasteiger partial charge on any atom is -0.481 e. The maximum absolute atomic E-state index is 12.7. The highest BCUT2D eigenvalue weighted by Gasteiger charge is 2.37. The van der Waals surface area contributed by atoms with E-state index >= 15 is 0 Å². The summed E-state index contributed by atoms with van der Waals surface area (Å²) in [4.78, 5) is 29.9. The number of rotatable bonds is 6. The van der Waals surface area contributed by atoms with Crippen LogP contribution < -0.4 is 4.90 Å². The molecule has 1 aromatic heterocycles. The van der Waals surface area contributed by atoms with Crippen LogP contribution in [0.3, 0.4) is 0 Å². The zero-order valence-electron chi connectivity index (χ0n) is 14.5. The van der Waals surface area contributed by atoms with Crippen LogP contribution in [-0.4, -0.2) is 28.0 Å². The van der Waals surface area contributed by atoms with Gasteiger partial charge < -0.3 is 5.11 Å². The largest absolute Gasteiger partial charge is 0.481 e. The van der Waals surface area contributed by atoms with Gasteiger partial charge in [0.25, 0.3) is 0 Å². The van der Waals surface area contributed by atoms with Crippen molar-refractivity contribution in [1.29, 1.82) is 0 Å². The van der Waals surface area contributed by atoms with E-state index < -0.39 is 5.97 Å². The van der Waals surface area contributed by atoms with Gasteiger partial charge in [0.1, 0.15) is 0 Å². The number of carbonyl (C=O) groups excluding carboxylic acids is 1. The van der Waals surface area contributed by atoms with Gasteiger partial charge in [-0.25, -0.2) is 4.98 Å². The summed E-state index contributed by atoms with van der Waals surface area (Å²) in [7, 11) is 0. The third-order valence-corrected chi connectivity index (χ3v) is 5.90. The van der Waals surface area contributed by atoms with E-state index in [0.717, 1.165) is 19.3 Å². The predicted molar refractivity (Wildman–Crippen MR) is 103 cm³/mol. The van der Waals surface area contributed by atoms with Crippen molar-refractivity contribution < 1.29 is 14.7 Å². The van der Waals surface area contributed by atoms with E-state index in [1.807, 2.05) is 31.2 Å². The Morgan fingerprint density at radius 1 is 1.31 bits per heavy atom. The number of amides is 1. The Morgan fingerprint density at radius 2 is 2.04 bits per heavy atom. The Bertz CT molecular complexity index is 790. The van der Waals surface area contributed by atoms with Crippen LogP contribution in [0.1, 0.15) is 49.8 Å². The van der Waals surface area contributed by atoms with Gasteiger partial charge in [-0.3, -0.25) is 14.5 Å². The molecule has 1 heterocycles. The number of carboxylic acids is 1. The molecule has 0 saturated heterocycles. The Hall–Kier alpha value is -1.92. The molecule has 2 unspecified atom stereocenters. The van der Waals surface area contributed by atoms with E-state index in [9.17, 15) is 9.59 Å². The van der Waals surface area contributed by atoms with E-state index in [2.05, 4.69) is 4.98 Å². The smallest absolute Gasteiger partial charge is 0.309 e. The number of hydrogen-bond donors (Lipinski definition) is 1. The molecule has 1 aromatic carbocycles. The topological polar surface area (TPSA) is 70.5 Å². The molecule has 0 radical (unpaired) electrons. The van der Waals surface area contributed by atoms with Gasteiger partial charge in [-0.15, -0.1) is 11.3 Å². The second-order valence-electron chi connectivity index (χ2n) is 6.47. The number of anilines is 1. The quantitative estimate of drug-likeness (QED) is 0.785. The van der Waals surface area contributed by atoms with E-state index in [4.69, 9.17) is 16.7 Å². The van der Waals surface area contributed by atoms with E-state index in [0.29, 0.717) is 22.3 Å². The summed E-state index contributed by atoms with van der Waals surface area (Å²) in [6.45, 7) is 1.84. The first-order chi connectivity index (χ1) is 12.5. The molecule has 1 aliphatic carbocycles. The number of halogens is 1. The van der Waals surface area contributed by atoms with Crippen molar-refractivity contribution in [3.05, 3.63) is 45.9 Å². The Morgan fingerprint density at radius 3 is 2.69 bits per heavy atom. The molecule has 0 spiro atoms. The zero-order valence-corrected chi connectivity index (χ0v) is 16.1. The average molecular weight is 393 g/mol. The fourth-order valence-electron chi connectivity index (χ4n) is 3.60. The summed E-state index contributed by atoms with van der Waals surface area (Å²) >= 11 is 7.35. The van der Waals surface area contributed by atoms with Crippen LogP contribution in [0.5, 0.6) is 0 Å². The van der Waals surface area contributed by atoms with Crippen molar-refractivity contribution in [2.45, 2.75) is 51.0 Å². The number of hydrogen-bond acceptors (Lipinski definition) is 4. The molecule has 1 saturated carbocycles. The standard InChI is InChI=1S/C19H21ClN2O3S/c1-2-17(23)22(19-21-14(11-26-19)10-18(24)25)16-5-3-4-15(16)12-6-8-13(20)9-7-12/h6-9,11,15-16H,2-5,10H2,1H3,(H,24,25). The summed E-state index contributed by atoms with van der Waals surface area (Å²) < 4.78 is 0. The van der Waals surface area contributed by atoms with Gasteiger partial charge in [0.2, 0.25) is 5.91 Å². The Labute approximate surface area is 161 Å². The fourth-order valence-corrected chi connectivity index (χ4v) is 4.62. The molecule has 5 nitrogen and oxygen atoms in total. The first-order valence-electron chi connectivity index (χ1n) is 8.73. The van der Waals surface area contributed by atoms with Crippen LogP contribution in [0.4, 0.5) is 5.13 Å². The molecule has 7 heteroatoms. The number of carboxylic acid groups (broad SMARTS) is 1. The summed E-state index contributed by atoms with van der Waals surface area (Å²) in [6, 6.07) is 7.85. The van der Waals surface area contributed by atoms with Gasteiger partial charge in [0.05, 0.1) is 12.1 Å². The molecule has 26 heavy (non-hydrogen) atoms. The summed E-state index contributed by atoms with van der Waals surface area (Å²) in [5.41, 5.74) is 1.67. The van der Waals surface area contributed by atoms with Gasteiger partial charge in [-0.2, -0.15) is 0 Å². The van der Waals surface area contributed by atoms with Crippen molar-refractivity contribution in [2.75, 3.05) is 4.90 Å². The number of nitrogens with zero attached hydrogens (tertiary/aromatic N) is 2. The lowest BCUT2D eigenvalue weighted by molar-refractivity contribution is -0.136. The lowest BCUT2D eigenvalue weighted by atomic mass is 9.93. The number of carbonyl (C=O) groups is 2. The van der Waals surface area contributed by atoms with Crippen molar-refractivity contribution in [3.63, 3.8) is 0 Å². The first kappa shape index (κ1) is 18.9. The molecule has 1 N–H and O–H groups in total. The van der Waals surface area contributed by atoms with Crippen LogP contribution in [0.2, 0.25) is 5.02 Å². The van der Waals surface area contributed by atoms with Gasteiger partial charge >= 0.3 is 5.97 Å². The maximum Gasteiger partial charge on any atom is 0.309 e. The minimum absolute atomic E-state index is 0.0205. The van der Waals surface area contributed by atoms with Crippen molar-refractivity contribution in [2.24, 2.45) is 0 Å². The van der Waals surface area contributed by atoms with Gasteiger partial charge in [-0.1, -0.05) is 37.1 Å². The molecule has 1 amide bonds. The van der Waals surface area contributed by atoms with Crippen LogP contribution >= 0.6 is 22.9 Å². The molecule has 3 rings (SSSR count). The molecule has 1 fully saturated rings. The molecule has 0 bridgehead atoms. The second kappa shape index (κ2) is 8.18. The monoisotopic (exact) mass is 392 g/mol. The SMILES string of the molecule is CCC(=O)N(c1nc(CC(=O)O)cs1)C1CCCC1c1ccc(Cl)cc1. The van der Waals surface area contributed by atoms with Crippen molar-refractivity contribution >= 4 is 39.9 Å². The van der Waals surface area contributed by atoms with Crippen LogP contribution in [0.25, 0.3) is 0 Å². The number of aromatic nitrogens is 1. The number of benzene rings is 1. The van der Waals surface area contributed by atoms with E-state index in [-0.39, 0.29) is 24.3 Å². The minimum atomic E-state index is -0.921. The molecule has 0 aliphatic heterocycles. The molecule has 1 aliphatic rings. The molecule has 138 valence electrons. The van der Waals surface area contributed by atoms with Gasteiger partial charge in [-0.05, 0) is 30.5 Å². The van der Waals surface area contributed by atoms with Crippen molar-refractivity contribution in [3.8, 4) is 0 Å².